The Balaban J connectivity index is 1.91. The molecule has 2 aromatic carbocycles. The Kier molecular flexibility index (Phi) is 5.56. The fourth-order valence-electron chi connectivity index (χ4n) is 2.10. The van der Waals surface area contributed by atoms with Crippen LogP contribution in [0.4, 0.5) is 17.6 Å². The van der Waals surface area contributed by atoms with E-state index in [0.717, 1.165) is 12.1 Å². The van der Waals surface area contributed by atoms with Crippen molar-refractivity contribution in [3.05, 3.63) is 71.0 Å². The molecule has 0 aliphatic heterocycles. The van der Waals surface area contributed by atoms with Gasteiger partial charge in [-0.1, -0.05) is 24.3 Å². The van der Waals surface area contributed by atoms with Crippen molar-refractivity contribution in [3.8, 4) is 0 Å². The fraction of sp³-hybridized carbons (Fsp3) is 0.235. The average Bonchev–Trinajstić information content (AvgIpc) is 2.54. The van der Waals surface area contributed by atoms with E-state index >= 15 is 0 Å². The van der Waals surface area contributed by atoms with E-state index in [0.29, 0.717) is 5.56 Å². The second kappa shape index (κ2) is 7.44. The van der Waals surface area contributed by atoms with Gasteiger partial charge in [-0.05, 0) is 35.4 Å². The molecule has 7 heteroatoms. The molecule has 2 aromatic rings. The van der Waals surface area contributed by atoms with Crippen LogP contribution in [0.25, 0.3) is 0 Å². The van der Waals surface area contributed by atoms with Gasteiger partial charge in [-0.25, -0.2) is 4.39 Å². The fourth-order valence-corrected chi connectivity index (χ4v) is 2.10. The van der Waals surface area contributed by atoms with Crippen molar-refractivity contribution in [1.82, 2.24) is 5.32 Å². The monoisotopic (exact) mass is 341 g/mol. The Morgan fingerprint density at radius 1 is 1.12 bits per heavy atom. The molecule has 0 aliphatic carbocycles. The molecule has 3 nitrogen and oxygen atoms in total. The van der Waals surface area contributed by atoms with Crippen molar-refractivity contribution < 1.29 is 27.5 Å². The Hall–Kier alpha value is -2.41. The number of benzene rings is 2. The average molecular weight is 341 g/mol. The van der Waals surface area contributed by atoms with Crippen molar-refractivity contribution >= 4 is 5.91 Å². The number of rotatable bonds is 5. The highest BCUT2D eigenvalue weighted by molar-refractivity contribution is 5.78. The van der Waals surface area contributed by atoms with Gasteiger partial charge < -0.3 is 10.4 Å². The summed E-state index contributed by atoms with van der Waals surface area (Å²) in [5, 5.41) is 12.4. The van der Waals surface area contributed by atoms with Crippen LogP contribution in [0.5, 0.6) is 0 Å². The first-order valence-electron chi connectivity index (χ1n) is 7.12. The van der Waals surface area contributed by atoms with Gasteiger partial charge in [0.15, 0.2) is 0 Å². The number of hydrogen-bond acceptors (Lipinski definition) is 2. The van der Waals surface area contributed by atoms with Crippen molar-refractivity contribution in [3.63, 3.8) is 0 Å². The molecule has 24 heavy (non-hydrogen) atoms. The molecule has 0 unspecified atom stereocenters. The number of carbonyl (C=O) groups is 1. The Labute approximate surface area is 135 Å². The quantitative estimate of drug-likeness (QED) is 0.821. The molecule has 128 valence electrons. The van der Waals surface area contributed by atoms with Gasteiger partial charge in [0.05, 0.1) is 18.1 Å². The van der Waals surface area contributed by atoms with Gasteiger partial charge >= 0.3 is 6.18 Å². The predicted octanol–water partition coefficient (Wildman–Crippen LogP) is 3.24. The third-order valence-corrected chi connectivity index (χ3v) is 3.37. The number of aliphatic hydroxyl groups excluding tert-OH is 1. The minimum absolute atomic E-state index is 0.0183. The zero-order valence-corrected chi connectivity index (χ0v) is 12.5. The Bertz CT molecular complexity index is 698. The van der Waals surface area contributed by atoms with Gasteiger partial charge in [-0.3, -0.25) is 4.79 Å². The number of nitrogens with one attached hydrogen (secondary N) is 1. The minimum atomic E-state index is -4.50. The van der Waals surface area contributed by atoms with Crippen LogP contribution < -0.4 is 5.32 Å². The van der Waals surface area contributed by atoms with Crippen LogP contribution >= 0.6 is 0 Å². The molecule has 0 saturated carbocycles. The lowest BCUT2D eigenvalue weighted by atomic mass is 10.1. The van der Waals surface area contributed by atoms with E-state index in [1.807, 2.05) is 0 Å². The summed E-state index contributed by atoms with van der Waals surface area (Å²) in [6.45, 7) is -0.221. The largest absolute Gasteiger partial charge is 0.416 e. The lowest BCUT2D eigenvalue weighted by Crippen LogP contribution is -2.29. The van der Waals surface area contributed by atoms with Crippen LogP contribution in [0.15, 0.2) is 48.5 Å². The van der Waals surface area contributed by atoms with E-state index in [2.05, 4.69) is 5.32 Å². The van der Waals surface area contributed by atoms with Crippen LogP contribution in [0, 0.1) is 5.82 Å². The highest BCUT2D eigenvalue weighted by Crippen LogP contribution is 2.30. The molecule has 0 aromatic heterocycles. The van der Waals surface area contributed by atoms with Gasteiger partial charge in [0.25, 0.3) is 0 Å². The number of hydrogen-bond donors (Lipinski definition) is 2. The molecule has 0 saturated heterocycles. The minimum Gasteiger partial charge on any atom is -0.387 e. The molecule has 2 N–H and O–H groups in total. The van der Waals surface area contributed by atoms with E-state index < -0.39 is 29.6 Å². The number of alkyl halides is 3. The highest BCUT2D eigenvalue weighted by atomic mass is 19.4. The molecule has 2 rings (SSSR count). The molecular formula is C17H15F4NO2. The standard InChI is InChI=1S/C17H15F4NO2/c18-14-6-4-11(5-7-14)8-16(24)22-10-15(23)12-2-1-3-13(9-12)17(19,20)21/h1-7,9,15,23H,8,10H2,(H,22,24)/t15-/m1/s1. The lowest BCUT2D eigenvalue weighted by molar-refractivity contribution is -0.137. The van der Waals surface area contributed by atoms with Crippen LogP contribution in [-0.4, -0.2) is 17.6 Å². The summed E-state index contributed by atoms with van der Waals surface area (Å²) in [7, 11) is 0. The summed E-state index contributed by atoms with van der Waals surface area (Å²) < 4.78 is 50.7. The van der Waals surface area contributed by atoms with E-state index in [-0.39, 0.29) is 18.5 Å². The molecule has 1 amide bonds. The second-order valence-electron chi connectivity index (χ2n) is 5.25. The molecule has 0 bridgehead atoms. The maximum atomic E-state index is 12.8. The van der Waals surface area contributed by atoms with Gasteiger partial charge in [-0.15, -0.1) is 0 Å². The van der Waals surface area contributed by atoms with E-state index in [1.54, 1.807) is 0 Å². The summed E-state index contributed by atoms with van der Waals surface area (Å²) in [6, 6.07) is 9.66. The molecule has 0 radical (unpaired) electrons. The zero-order valence-electron chi connectivity index (χ0n) is 12.5. The van der Waals surface area contributed by atoms with Crippen molar-refractivity contribution in [2.45, 2.75) is 18.7 Å². The third kappa shape index (κ3) is 5.06. The van der Waals surface area contributed by atoms with Crippen molar-refractivity contribution in [2.24, 2.45) is 0 Å². The summed E-state index contributed by atoms with van der Waals surface area (Å²) >= 11 is 0. The van der Waals surface area contributed by atoms with E-state index in [1.165, 1.54) is 36.4 Å². The third-order valence-electron chi connectivity index (χ3n) is 3.37. The first-order chi connectivity index (χ1) is 11.3. The van der Waals surface area contributed by atoms with Crippen LogP contribution in [-0.2, 0) is 17.4 Å². The lowest BCUT2D eigenvalue weighted by Gasteiger charge is -2.14. The molecular weight excluding hydrogens is 326 g/mol. The highest BCUT2D eigenvalue weighted by Gasteiger charge is 2.30. The SMILES string of the molecule is O=C(Cc1ccc(F)cc1)NC[C@@H](O)c1cccc(C(F)(F)F)c1. The maximum Gasteiger partial charge on any atom is 0.416 e. The molecule has 0 fully saturated rings. The second-order valence-corrected chi connectivity index (χ2v) is 5.25. The van der Waals surface area contributed by atoms with Crippen molar-refractivity contribution in [1.29, 1.82) is 0 Å². The van der Waals surface area contributed by atoms with Gasteiger partial charge in [0.2, 0.25) is 5.91 Å². The number of halogens is 4. The van der Waals surface area contributed by atoms with Gasteiger partial charge in [-0.2, -0.15) is 13.2 Å². The smallest absolute Gasteiger partial charge is 0.387 e. The number of aliphatic hydroxyl groups is 1. The first kappa shape index (κ1) is 17.9. The molecule has 1 atom stereocenters. The first-order valence-corrected chi connectivity index (χ1v) is 7.12. The zero-order chi connectivity index (χ0) is 17.7. The number of amides is 1. The summed E-state index contributed by atoms with van der Waals surface area (Å²) in [4.78, 5) is 11.8. The van der Waals surface area contributed by atoms with Crippen LogP contribution in [0.2, 0.25) is 0 Å². The van der Waals surface area contributed by atoms with E-state index in [9.17, 15) is 27.5 Å². The topological polar surface area (TPSA) is 49.3 Å². The van der Waals surface area contributed by atoms with Crippen molar-refractivity contribution in [2.75, 3.05) is 6.54 Å². The Morgan fingerprint density at radius 3 is 2.42 bits per heavy atom. The predicted molar refractivity (Wildman–Crippen MR) is 79.5 cm³/mol. The molecule has 0 aliphatic rings. The number of carbonyl (C=O) groups excluding carboxylic acids is 1. The normalized spacial score (nSPS) is 12.7. The summed E-state index contributed by atoms with van der Waals surface area (Å²) in [5.74, 6) is -0.841. The molecule has 0 spiro atoms. The van der Waals surface area contributed by atoms with Gasteiger partial charge in [0.1, 0.15) is 5.82 Å². The van der Waals surface area contributed by atoms with Crippen LogP contribution in [0.1, 0.15) is 22.8 Å². The van der Waals surface area contributed by atoms with Gasteiger partial charge in [0, 0.05) is 6.54 Å². The summed E-state index contributed by atoms with van der Waals surface area (Å²) in [5.41, 5.74) is -0.217. The molecule has 0 heterocycles. The summed E-state index contributed by atoms with van der Waals surface area (Å²) in [6.07, 6.45) is -5.78. The maximum absolute atomic E-state index is 12.8. The Morgan fingerprint density at radius 2 is 1.79 bits per heavy atom. The van der Waals surface area contributed by atoms with E-state index in [4.69, 9.17) is 0 Å². The van der Waals surface area contributed by atoms with Crippen LogP contribution in [0.3, 0.4) is 0 Å².